The maximum Gasteiger partial charge on any atom is 0.180 e. The van der Waals surface area contributed by atoms with Crippen molar-refractivity contribution in [3.8, 4) is 0 Å². The summed E-state index contributed by atoms with van der Waals surface area (Å²) in [5, 5.41) is 4.27. The molecule has 0 aliphatic rings. The predicted octanol–water partition coefficient (Wildman–Crippen LogP) is 4.37. The molecule has 116 valence electrons. The van der Waals surface area contributed by atoms with E-state index in [0.29, 0.717) is 0 Å². The molecule has 0 atom stereocenters. The number of nitrogens with zero attached hydrogens (tertiary/aromatic N) is 2. The quantitative estimate of drug-likeness (QED) is 0.820. The van der Waals surface area contributed by atoms with Crippen molar-refractivity contribution in [2.24, 2.45) is 10.8 Å². The van der Waals surface area contributed by atoms with E-state index in [9.17, 15) is 0 Å². The lowest BCUT2D eigenvalue weighted by atomic mass is 9.82. The van der Waals surface area contributed by atoms with Crippen LogP contribution in [0.3, 0.4) is 0 Å². The van der Waals surface area contributed by atoms with Crippen molar-refractivity contribution in [1.29, 1.82) is 0 Å². The van der Waals surface area contributed by atoms with Crippen LogP contribution in [0.5, 0.6) is 0 Å². The fourth-order valence-electron chi connectivity index (χ4n) is 2.55. The summed E-state index contributed by atoms with van der Waals surface area (Å²) in [6, 6.07) is 0. The molecule has 0 saturated carbocycles. The zero-order valence-electron chi connectivity index (χ0n) is 14.0. The van der Waals surface area contributed by atoms with Gasteiger partial charge in [-0.05, 0) is 30.6 Å². The first-order valence-corrected chi connectivity index (χ1v) is 7.47. The highest BCUT2D eigenvalue weighted by Gasteiger charge is 2.26. The smallest absolute Gasteiger partial charge is 0.180 e. The molecule has 0 fully saturated rings. The fourth-order valence-corrected chi connectivity index (χ4v) is 2.55. The largest absolute Gasteiger partial charge is 0.451 e. The van der Waals surface area contributed by atoms with E-state index in [4.69, 9.17) is 8.94 Å². The van der Waals surface area contributed by atoms with Gasteiger partial charge in [0.2, 0.25) is 0 Å². The molecule has 0 radical (unpaired) electrons. The molecule has 0 N–H and O–H groups in total. The van der Waals surface area contributed by atoms with Gasteiger partial charge in [-0.1, -0.05) is 39.8 Å². The van der Waals surface area contributed by atoms with Crippen LogP contribution in [0, 0.1) is 17.8 Å². The van der Waals surface area contributed by atoms with E-state index < -0.39 is 0 Å². The third-order valence-electron chi connectivity index (χ3n) is 3.60. The van der Waals surface area contributed by atoms with Crippen LogP contribution in [-0.2, 0) is 19.3 Å². The van der Waals surface area contributed by atoms with Crippen molar-refractivity contribution in [3.05, 3.63) is 35.4 Å². The lowest BCUT2D eigenvalue weighted by molar-refractivity contribution is 0.291. The van der Waals surface area contributed by atoms with Crippen molar-refractivity contribution in [1.82, 2.24) is 10.1 Å². The zero-order valence-corrected chi connectivity index (χ0v) is 14.0. The maximum atomic E-state index is 5.60. The summed E-state index contributed by atoms with van der Waals surface area (Å²) in [6.07, 6.45) is 5.83. The Morgan fingerprint density at radius 2 is 1.76 bits per heavy atom. The molecule has 0 unspecified atom stereocenters. The standard InChI is InChI=1S/C17H26N2O2/c1-12-14(8-16(2,3)4)19-21-15(12)9-17(5,6)7-13-10-20-11-18-13/h10-11H,7-9H2,1-6H3. The summed E-state index contributed by atoms with van der Waals surface area (Å²) in [4.78, 5) is 4.21. The number of oxazole rings is 1. The normalized spacial score (nSPS) is 12.9. The zero-order chi connectivity index (χ0) is 15.7. The van der Waals surface area contributed by atoms with E-state index in [1.807, 2.05) is 0 Å². The molecular weight excluding hydrogens is 264 g/mol. The lowest BCUT2D eigenvalue weighted by Gasteiger charge is -2.22. The third kappa shape index (κ3) is 4.45. The van der Waals surface area contributed by atoms with E-state index in [2.05, 4.69) is 51.7 Å². The molecule has 0 bridgehead atoms. The second kappa shape index (κ2) is 5.66. The Kier molecular flexibility index (Phi) is 4.26. The molecule has 2 rings (SSSR count). The van der Waals surface area contributed by atoms with Gasteiger partial charge in [-0.2, -0.15) is 0 Å². The van der Waals surface area contributed by atoms with Gasteiger partial charge in [-0.15, -0.1) is 0 Å². The molecule has 0 saturated heterocycles. The van der Waals surface area contributed by atoms with Crippen molar-refractivity contribution in [2.75, 3.05) is 0 Å². The van der Waals surface area contributed by atoms with Crippen LogP contribution in [0.2, 0.25) is 0 Å². The van der Waals surface area contributed by atoms with Gasteiger partial charge < -0.3 is 8.94 Å². The van der Waals surface area contributed by atoms with Gasteiger partial charge in [0.05, 0.1) is 11.4 Å². The average Bonchev–Trinajstić information content (AvgIpc) is 2.91. The minimum Gasteiger partial charge on any atom is -0.451 e. The van der Waals surface area contributed by atoms with Crippen LogP contribution >= 0.6 is 0 Å². The van der Waals surface area contributed by atoms with Gasteiger partial charge in [0, 0.05) is 12.0 Å². The van der Waals surface area contributed by atoms with Crippen molar-refractivity contribution in [3.63, 3.8) is 0 Å². The summed E-state index contributed by atoms with van der Waals surface area (Å²) < 4.78 is 10.6. The van der Waals surface area contributed by atoms with Crippen LogP contribution < -0.4 is 0 Å². The molecule has 2 aromatic rings. The molecule has 0 aliphatic carbocycles. The Morgan fingerprint density at radius 1 is 1.05 bits per heavy atom. The molecule has 21 heavy (non-hydrogen) atoms. The Balaban J connectivity index is 2.09. The van der Waals surface area contributed by atoms with Gasteiger partial charge in [0.1, 0.15) is 12.0 Å². The second-order valence-corrected chi connectivity index (χ2v) is 7.91. The van der Waals surface area contributed by atoms with Crippen molar-refractivity contribution >= 4 is 0 Å². The van der Waals surface area contributed by atoms with E-state index in [1.165, 1.54) is 12.0 Å². The first-order valence-electron chi connectivity index (χ1n) is 7.47. The molecule has 0 amide bonds. The Morgan fingerprint density at radius 3 is 2.33 bits per heavy atom. The highest BCUT2D eigenvalue weighted by atomic mass is 16.5. The Hall–Kier alpha value is -1.58. The topological polar surface area (TPSA) is 52.1 Å². The third-order valence-corrected chi connectivity index (χ3v) is 3.60. The highest BCUT2D eigenvalue weighted by Crippen LogP contribution is 2.30. The Labute approximate surface area is 126 Å². The number of aromatic nitrogens is 2. The molecule has 0 spiro atoms. The SMILES string of the molecule is Cc1c(CC(C)(C)C)noc1CC(C)(C)Cc1cocn1. The van der Waals surface area contributed by atoms with E-state index >= 15 is 0 Å². The summed E-state index contributed by atoms with van der Waals surface area (Å²) >= 11 is 0. The summed E-state index contributed by atoms with van der Waals surface area (Å²) in [7, 11) is 0. The number of hydrogen-bond acceptors (Lipinski definition) is 4. The predicted molar refractivity (Wildman–Crippen MR) is 82.1 cm³/mol. The van der Waals surface area contributed by atoms with Gasteiger partial charge in [-0.3, -0.25) is 0 Å². The molecule has 4 heteroatoms. The second-order valence-electron chi connectivity index (χ2n) is 7.91. The molecule has 2 aromatic heterocycles. The lowest BCUT2D eigenvalue weighted by Crippen LogP contribution is -2.19. The molecular formula is C17H26N2O2. The van der Waals surface area contributed by atoms with Gasteiger partial charge >= 0.3 is 0 Å². The summed E-state index contributed by atoms with van der Waals surface area (Å²) in [5.41, 5.74) is 3.52. The van der Waals surface area contributed by atoms with Crippen LogP contribution in [-0.4, -0.2) is 10.1 Å². The van der Waals surface area contributed by atoms with Crippen LogP contribution in [0.15, 0.2) is 21.6 Å². The monoisotopic (exact) mass is 290 g/mol. The van der Waals surface area contributed by atoms with Crippen LogP contribution in [0.4, 0.5) is 0 Å². The number of hydrogen-bond donors (Lipinski definition) is 0. The molecule has 4 nitrogen and oxygen atoms in total. The van der Waals surface area contributed by atoms with Crippen LogP contribution in [0.1, 0.15) is 57.3 Å². The molecule has 0 aliphatic heterocycles. The molecule has 2 heterocycles. The van der Waals surface area contributed by atoms with Crippen LogP contribution in [0.25, 0.3) is 0 Å². The van der Waals surface area contributed by atoms with Crippen molar-refractivity contribution < 1.29 is 8.94 Å². The highest BCUT2D eigenvalue weighted by molar-refractivity contribution is 5.23. The minimum atomic E-state index is 0.0557. The number of rotatable bonds is 5. The maximum absolute atomic E-state index is 5.60. The van der Waals surface area contributed by atoms with E-state index in [0.717, 1.165) is 36.4 Å². The van der Waals surface area contributed by atoms with Gasteiger partial charge in [0.15, 0.2) is 6.39 Å². The first kappa shape index (κ1) is 15.8. The summed E-state index contributed by atoms with van der Waals surface area (Å²) in [5.74, 6) is 0.989. The fraction of sp³-hybridized carbons (Fsp3) is 0.647. The van der Waals surface area contributed by atoms with E-state index in [1.54, 1.807) is 6.26 Å². The summed E-state index contributed by atoms with van der Waals surface area (Å²) in [6.45, 7) is 13.2. The van der Waals surface area contributed by atoms with E-state index in [-0.39, 0.29) is 10.8 Å². The Bertz CT molecular complexity index is 574. The minimum absolute atomic E-state index is 0.0557. The molecule has 0 aromatic carbocycles. The van der Waals surface area contributed by atoms with Crippen molar-refractivity contribution in [2.45, 2.75) is 60.8 Å². The average molecular weight is 290 g/mol. The van der Waals surface area contributed by atoms with Gasteiger partial charge in [-0.25, -0.2) is 4.98 Å². The van der Waals surface area contributed by atoms with Gasteiger partial charge in [0.25, 0.3) is 0 Å². The first-order chi connectivity index (χ1) is 9.66.